The van der Waals surface area contributed by atoms with Crippen molar-refractivity contribution in [3.8, 4) is 11.8 Å². The number of nitrogens with zero attached hydrogens (tertiary/aromatic N) is 4. The number of fused-ring (bicyclic) bond motifs is 1. The zero-order valence-corrected chi connectivity index (χ0v) is 16.5. The molecule has 0 fully saturated rings. The molecule has 0 spiro atoms. The Morgan fingerprint density at radius 3 is 2.58 bits per heavy atom. The molecule has 4 rings (SSSR count). The smallest absolute Gasteiger partial charge is 0.279 e. The number of nitrogen functional groups attached to an aromatic ring is 1. The van der Waals surface area contributed by atoms with Gasteiger partial charge in [0, 0.05) is 11.9 Å². The molecule has 2 heterocycles. The van der Waals surface area contributed by atoms with Crippen LogP contribution in [0.15, 0.2) is 59.4 Å². The van der Waals surface area contributed by atoms with Gasteiger partial charge in [-0.2, -0.15) is 20.1 Å². The van der Waals surface area contributed by atoms with Crippen LogP contribution in [0.5, 0.6) is 0 Å². The number of aryl methyl sites for hydroxylation is 1. The number of aromatic amines is 1. The fourth-order valence-electron chi connectivity index (χ4n) is 3.35. The Morgan fingerprint density at radius 2 is 1.84 bits per heavy atom. The van der Waals surface area contributed by atoms with E-state index in [0.29, 0.717) is 47.1 Å². The summed E-state index contributed by atoms with van der Waals surface area (Å²) in [6.45, 7) is 0.350. The molecule has 0 bridgehead atoms. The van der Waals surface area contributed by atoms with Gasteiger partial charge in [0.1, 0.15) is 11.6 Å². The van der Waals surface area contributed by atoms with E-state index in [0.717, 1.165) is 0 Å². The van der Waals surface area contributed by atoms with Crippen molar-refractivity contribution in [1.82, 2.24) is 25.3 Å². The van der Waals surface area contributed by atoms with Crippen LogP contribution in [0.4, 0.5) is 5.82 Å². The van der Waals surface area contributed by atoms with E-state index in [-0.39, 0.29) is 23.0 Å². The van der Waals surface area contributed by atoms with Crippen molar-refractivity contribution in [2.45, 2.75) is 12.8 Å². The molecule has 9 heteroatoms. The van der Waals surface area contributed by atoms with Gasteiger partial charge in [-0.15, -0.1) is 0 Å². The van der Waals surface area contributed by atoms with E-state index in [4.69, 9.17) is 11.0 Å². The standard InChI is InChI=1S/C22H19N7O2/c23-13-17-18(26-27-20(17)24)11-6-12-25-21(30)19-15-9-4-5-10-16(15)22(31)29(28-19)14-7-2-1-3-8-14/h1-5,7-10H,6,11-12H2,(H,25,30)(H3,24,26,27). The lowest BCUT2D eigenvalue weighted by atomic mass is 10.1. The first kappa shape index (κ1) is 19.8. The number of amides is 1. The van der Waals surface area contributed by atoms with Gasteiger partial charge in [0.15, 0.2) is 11.5 Å². The summed E-state index contributed by atoms with van der Waals surface area (Å²) in [5, 5.41) is 23.8. The number of rotatable bonds is 6. The number of H-pyrrole nitrogens is 1. The van der Waals surface area contributed by atoms with Crippen molar-refractivity contribution in [3.05, 3.63) is 81.9 Å². The van der Waals surface area contributed by atoms with Gasteiger partial charge in [0.25, 0.3) is 11.5 Å². The van der Waals surface area contributed by atoms with Crippen LogP contribution in [0, 0.1) is 11.3 Å². The molecular formula is C22H19N7O2. The van der Waals surface area contributed by atoms with Crippen LogP contribution in [0.1, 0.15) is 28.2 Å². The van der Waals surface area contributed by atoms with Crippen molar-refractivity contribution in [2.75, 3.05) is 12.3 Å². The minimum Gasteiger partial charge on any atom is -0.381 e. The predicted octanol–water partition coefficient (Wildman–Crippen LogP) is 1.93. The number of hydrogen-bond donors (Lipinski definition) is 3. The van der Waals surface area contributed by atoms with E-state index < -0.39 is 0 Å². The third kappa shape index (κ3) is 3.86. The first-order valence-corrected chi connectivity index (χ1v) is 9.68. The van der Waals surface area contributed by atoms with Crippen molar-refractivity contribution >= 4 is 22.5 Å². The summed E-state index contributed by atoms with van der Waals surface area (Å²) in [7, 11) is 0. The molecule has 0 saturated carbocycles. The zero-order chi connectivity index (χ0) is 21.8. The molecule has 1 amide bonds. The maximum atomic E-state index is 12.9. The molecule has 2 aromatic carbocycles. The highest BCUT2D eigenvalue weighted by Gasteiger charge is 2.17. The molecule has 4 aromatic rings. The number of carbonyl (C=O) groups is 1. The molecule has 0 atom stereocenters. The van der Waals surface area contributed by atoms with Gasteiger partial charge < -0.3 is 11.1 Å². The van der Waals surface area contributed by atoms with Crippen LogP contribution in [0.25, 0.3) is 16.5 Å². The minimum atomic E-state index is -0.384. The van der Waals surface area contributed by atoms with Gasteiger partial charge >= 0.3 is 0 Å². The first-order valence-electron chi connectivity index (χ1n) is 9.68. The Morgan fingerprint density at radius 1 is 1.13 bits per heavy atom. The second-order valence-electron chi connectivity index (χ2n) is 6.88. The number of nitriles is 1. The summed E-state index contributed by atoms with van der Waals surface area (Å²) < 4.78 is 1.24. The molecule has 4 N–H and O–H groups in total. The maximum Gasteiger partial charge on any atom is 0.279 e. The molecule has 154 valence electrons. The van der Waals surface area contributed by atoms with Crippen molar-refractivity contribution < 1.29 is 4.79 Å². The molecule has 0 saturated heterocycles. The van der Waals surface area contributed by atoms with Gasteiger partial charge in [-0.1, -0.05) is 36.4 Å². The number of benzene rings is 2. The summed E-state index contributed by atoms with van der Waals surface area (Å²) in [5.41, 5.74) is 7.05. The van der Waals surface area contributed by atoms with Gasteiger partial charge in [0.2, 0.25) is 0 Å². The lowest BCUT2D eigenvalue weighted by Crippen LogP contribution is -2.30. The summed E-state index contributed by atoms with van der Waals surface area (Å²) in [4.78, 5) is 25.8. The summed E-state index contributed by atoms with van der Waals surface area (Å²) in [6.07, 6.45) is 1.07. The Labute approximate surface area is 177 Å². The zero-order valence-electron chi connectivity index (χ0n) is 16.5. The number of hydrogen-bond acceptors (Lipinski definition) is 6. The predicted molar refractivity (Wildman–Crippen MR) is 116 cm³/mol. The van der Waals surface area contributed by atoms with Crippen LogP contribution >= 0.6 is 0 Å². The van der Waals surface area contributed by atoms with E-state index in [1.807, 2.05) is 12.1 Å². The van der Waals surface area contributed by atoms with E-state index in [9.17, 15) is 9.59 Å². The normalized spacial score (nSPS) is 10.7. The lowest BCUT2D eigenvalue weighted by Gasteiger charge is -2.11. The average Bonchev–Trinajstić information content (AvgIpc) is 3.16. The van der Waals surface area contributed by atoms with Crippen molar-refractivity contribution in [3.63, 3.8) is 0 Å². The van der Waals surface area contributed by atoms with Crippen LogP contribution < -0.4 is 16.6 Å². The molecule has 2 aromatic heterocycles. The Hall–Kier alpha value is -4.45. The Balaban J connectivity index is 1.57. The van der Waals surface area contributed by atoms with Gasteiger partial charge in [-0.25, -0.2) is 0 Å². The van der Waals surface area contributed by atoms with Crippen molar-refractivity contribution in [1.29, 1.82) is 5.26 Å². The molecule has 0 aliphatic rings. The highest BCUT2D eigenvalue weighted by atomic mass is 16.2. The molecular weight excluding hydrogens is 394 g/mol. The second kappa shape index (κ2) is 8.51. The quantitative estimate of drug-likeness (QED) is 0.412. The number of nitrogens with one attached hydrogen (secondary N) is 2. The fourth-order valence-corrected chi connectivity index (χ4v) is 3.35. The molecule has 0 radical (unpaired) electrons. The molecule has 0 aliphatic heterocycles. The monoisotopic (exact) mass is 413 g/mol. The molecule has 0 unspecified atom stereocenters. The van der Waals surface area contributed by atoms with E-state index in [2.05, 4.69) is 20.6 Å². The van der Waals surface area contributed by atoms with E-state index in [1.165, 1.54) is 4.68 Å². The topological polar surface area (TPSA) is 142 Å². The molecule has 31 heavy (non-hydrogen) atoms. The number of nitrogens with two attached hydrogens (primary N) is 1. The summed E-state index contributed by atoms with van der Waals surface area (Å²) in [6, 6.07) is 17.9. The lowest BCUT2D eigenvalue weighted by molar-refractivity contribution is 0.0948. The highest BCUT2D eigenvalue weighted by molar-refractivity contribution is 6.04. The first-order chi connectivity index (χ1) is 15.1. The number of carbonyl (C=O) groups excluding carboxylic acids is 1. The largest absolute Gasteiger partial charge is 0.381 e. The SMILES string of the molecule is N#Cc1c(N)n[nH]c1CCCNC(=O)c1nn(-c2ccccc2)c(=O)c2ccccc12. The van der Waals surface area contributed by atoms with Gasteiger partial charge in [-0.3, -0.25) is 14.7 Å². The number of aromatic nitrogens is 4. The minimum absolute atomic E-state index is 0.167. The Kier molecular flexibility index (Phi) is 5.45. The van der Waals surface area contributed by atoms with Crippen LogP contribution in [-0.2, 0) is 6.42 Å². The fraction of sp³-hybridized carbons (Fsp3) is 0.136. The molecule has 9 nitrogen and oxygen atoms in total. The van der Waals surface area contributed by atoms with Crippen LogP contribution in [0.3, 0.4) is 0 Å². The van der Waals surface area contributed by atoms with Crippen LogP contribution in [0.2, 0.25) is 0 Å². The van der Waals surface area contributed by atoms with Crippen LogP contribution in [-0.4, -0.2) is 32.4 Å². The van der Waals surface area contributed by atoms with Crippen molar-refractivity contribution in [2.24, 2.45) is 0 Å². The summed E-state index contributed by atoms with van der Waals surface area (Å²) >= 11 is 0. The second-order valence-corrected chi connectivity index (χ2v) is 6.88. The van der Waals surface area contributed by atoms with E-state index in [1.54, 1.807) is 48.5 Å². The third-order valence-corrected chi connectivity index (χ3v) is 4.89. The highest BCUT2D eigenvalue weighted by Crippen LogP contribution is 2.16. The third-order valence-electron chi connectivity index (χ3n) is 4.89. The average molecular weight is 413 g/mol. The number of anilines is 1. The Bertz CT molecular complexity index is 1350. The molecule has 0 aliphatic carbocycles. The van der Waals surface area contributed by atoms with Gasteiger partial charge in [0.05, 0.1) is 16.8 Å². The number of para-hydroxylation sites is 1. The summed E-state index contributed by atoms with van der Waals surface area (Å²) in [5.74, 6) is -0.217. The maximum absolute atomic E-state index is 12.9. The van der Waals surface area contributed by atoms with Gasteiger partial charge in [-0.05, 0) is 31.0 Å². The van der Waals surface area contributed by atoms with E-state index >= 15 is 0 Å².